The molecule has 156 valence electrons. The van der Waals surface area contributed by atoms with Crippen molar-refractivity contribution in [2.24, 2.45) is 0 Å². The summed E-state index contributed by atoms with van der Waals surface area (Å²) in [5.74, 6) is -0.0891. The van der Waals surface area contributed by atoms with E-state index in [0.29, 0.717) is 18.9 Å². The number of methoxy groups -OCH3 is 1. The van der Waals surface area contributed by atoms with Gasteiger partial charge in [0.05, 0.1) is 20.3 Å². The third-order valence-electron chi connectivity index (χ3n) is 4.31. The van der Waals surface area contributed by atoms with Gasteiger partial charge in [0.25, 0.3) is 0 Å². The summed E-state index contributed by atoms with van der Waals surface area (Å²) in [7, 11) is 1.29. The normalized spacial score (nSPS) is 19.7. The first-order valence-electron chi connectivity index (χ1n) is 9.52. The molecule has 0 radical (unpaired) electrons. The highest BCUT2D eigenvalue weighted by Gasteiger charge is 2.34. The lowest BCUT2D eigenvalue weighted by molar-refractivity contribution is -0.00635. The molecule has 28 heavy (non-hydrogen) atoms. The van der Waals surface area contributed by atoms with Crippen LogP contribution in [0.2, 0.25) is 0 Å². The van der Waals surface area contributed by atoms with Crippen molar-refractivity contribution in [3.63, 3.8) is 0 Å². The van der Waals surface area contributed by atoms with E-state index in [4.69, 9.17) is 18.9 Å². The monoisotopic (exact) mass is 394 g/mol. The van der Waals surface area contributed by atoms with E-state index in [9.17, 15) is 9.59 Å². The SMILES string of the molecule is CCOc1ccnc(OC2CCC(C)N(C(=O)OC(C)(C)C)C2)c1C(=O)OC. The van der Waals surface area contributed by atoms with E-state index in [2.05, 4.69) is 4.98 Å². The van der Waals surface area contributed by atoms with Crippen LogP contribution >= 0.6 is 0 Å². The van der Waals surface area contributed by atoms with Crippen LogP contribution in [-0.4, -0.2) is 60.0 Å². The second kappa shape index (κ2) is 9.12. The van der Waals surface area contributed by atoms with Gasteiger partial charge in [-0.2, -0.15) is 0 Å². The van der Waals surface area contributed by atoms with Crippen LogP contribution in [0.1, 0.15) is 57.8 Å². The number of esters is 1. The Kier molecular flexibility index (Phi) is 7.10. The lowest BCUT2D eigenvalue weighted by atomic mass is 10.0. The van der Waals surface area contributed by atoms with Gasteiger partial charge in [0.1, 0.15) is 17.5 Å². The van der Waals surface area contributed by atoms with E-state index in [1.54, 1.807) is 11.0 Å². The molecule has 0 aliphatic carbocycles. The summed E-state index contributed by atoms with van der Waals surface area (Å²) in [4.78, 5) is 30.6. The van der Waals surface area contributed by atoms with Crippen molar-refractivity contribution in [2.75, 3.05) is 20.3 Å². The molecule has 2 rings (SSSR count). The average Bonchev–Trinajstić information content (AvgIpc) is 2.61. The highest BCUT2D eigenvalue weighted by Crippen LogP contribution is 2.30. The number of hydrogen-bond acceptors (Lipinski definition) is 7. The smallest absolute Gasteiger partial charge is 0.410 e. The van der Waals surface area contributed by atoms with Gasteiger partial charge in [0, 0.05) is 12.2 Å². The molecule has 2 heterocycles. The standard InChI is InChI=1S/C20H30N2O6/c1-7-26-15-10-11-21-17(16(15)18(23)25-6)27-14-9-8-13(2)22(12-14)19(24)28-20(3,4)5/h10-11,13-14H,7-9,12H2,1-6H3. The molecule has 2 atom stereocenters. The Labute approximate surface area is 166 Å². The van der Waals surface area contributed by atoms with Crippen molar-refractivity contribution in [3.8, 4) is 11.6 Å². The number of rotatable bonds is 5. The van der Waals surface area contributed by atoms with Crippen LogP contribution < -0.4 is 9.47 Å². The van der Waals surface area contributed by atoms with Crippen LogP contribution in [-0.2, 0) is 9.47 Å². The minimum absolute atomic E-state index is 0.0393. The molecule has 1 amide bonds. The van der Waals surface area contributed by atoms with Gasteiger partial charge in [-0.25, -0.2) is 14.6 Å². The Morgan fingerprint density at radius 1 is 1.29 bits per heavy atom. The third kappa shape index (κ3) is 5.50. The number of aromatic nitrogens is 1. The molecule has 1 fully saturated rings. The molecule has 2 unspecified atom stereocenters. The zero-order valence-corrected chi connectivity index (χ0v) is 17.5. The number of carbonyl (C=O) groups is 2. The van der Waals surface area contributed by atoms with E-state index >= 15 is 0 Å². The third-order valence-corrected chi connectivity index (χ3v) is 4.31. The summed E-state index contributed by atoms with van der Waals surface area (Å²) in [5.41, 5.74) is -0.426. The lowest BCUT2D eigenvalue weighted by Crippen LogP contribution is -2.50. The van der Waals surface area contributed by atoms with E-state index in [-0.39, 0.29) is 29.7 Å². The van der Waals surface area contributed by atoms with Crippen molar-refractivity contribution in [2.45, 2.75) is 65.2 Å². The van der Waals surface area contributed by atoms with Crippen LogP contribution in [0.25, 0.3) is 0 Å². The molecule has 0 spiro atoms. The molecule has 1 aliphatic rings. The number of carbonyl (C=O) groups excluding carboxylic acids is 2. The molecule has 8 nitrogen and oxygen atoms in total. The Balaban J connectivity index is 2.20. The summed E-state index contributed by atoms with van der Waals surface area (Å²) in [6.07, 6.45) is 2.29. The van der Waals surface area contributed by atoms with Gasteiger partial charge in [-0.15, -0.1) is 0 Å². The molecule has 0 bridgehead atoms. The van der Waals surface area contributed by atoms with Crippen molar-refractivity contribution in [1.29, 1.82) is 0 Å². The Morgan fingerprint density at radius 3 is 2.61 bits per heavy atom. The quantitative estimate of drug-likeness (QED) is 0.707. The topological polar surface area (TPSA) is 87.2 Å². The summed E-state index contributed by atoms with van der Waals surface area (Å²) < 4.78 is 21.9. The molecular formula is C20H30N2O6. The molecule has 0 N–H and O–H groups in total. The maximum Gasteiger partial charge on any atom is 0.410 e. The highest BCUT2D eigenvalue weighted by molar-refractivity contribution is 5.94. The van der Waals surface area contributed by atoms with Gasteiger partial charge in [-0.05, 0) is 53.5 Å². The predicted molar refractivity (Wildman–Crippen MR) is 103 cm³/mol. The van der Waals surface area contributed by atoms with Gasteiger partial charge < -0.3 is 23.8 Å². The fraction of sp³-hybridized carbons (Fsp3) is 0.650. The van der Waals surface area contributed by atoms with Crippen molar-refractivity contribution >= 4 is 12.1 Å². The second-order valence-corrected chi connectivity index (χ2v) is 7.71. The summed E-state index contributed by atoms with van der Waals surface area (Å²) in [6, 6.07) is 1.64. The first kappa shape index (κ1) is 21.8. The summed E-state index contributed by atoms with van der Waals surface area (Å²) in [5, 5.41) is 0. The first-order chi connectivity index (χ1) is 13.2. The largest absolute Gasteiger partial charge is 0.493 e. The van der Waals surface area contributed by atoms with Gasteiger partial charge in [-0.1, -0.05) is 0 Å². The molecule has 1 saturated heterocycles. The lowest BCUT2D eigenvalue weighted by Gasteiger charge is -2.38. The maximum atomic E-state index is 12.5. The van der Waals surface area contributed by atoms with Gasteiger partial charge in [0.2, 0.25) is 5.88 Å². The van der Waals surface area contributed by atoms with Gasteiger partial charge in [0.15, 0.2) is 5.56 Å². The van der Waals surface area contributed by atoms with E-state index < -0.39 is 11.6 Å². The Bertz CT molecular complexity index is 700. The van der Waals surface area contributed by atoms with Crippen LogP contribution in [0.3, 0.4) is 0 Å². The Morgan fingerprint density at radius 2 is 2.00 bits per heavy atom. The fourth-order valence-electron chi connectivity index (χ4n) is 2.98. The van der Waals surface area contributed by atoms with Crippen LogP contribution in [0.5, 0.6) is 11.6 Å². The number of amides is 1. The van der Waals surface area contributed by atoms with Crippen molar-refractivity contribution < 1.29 is 28.5 Å². The fourth-order valence-corrected chi connectivity index (χ4v) is 2.98. The number of ether oxygens (including phenoxy) is 4. The van der Waals surface area contributed by atoms with Crippen molar-refractivity contribution in [3.05, 3.63) is 17.8 Å². The van der Waals surface area contributed by atoms with E-state index in [1.807, 2.05) is 34.6 Å². The molecule has 1 aromatic rings. The number of piperidine rings is 1. The van der Waals surface area contributed by atoms with E-state index in [1.165, 1.54) is 13.3 Å². The molecule has 8 heteroatoms. The number of likely N-dealkylation sites (tertiary alicyclic amines) is 1. The predicted octanol–water partition coefficient (Wildman–Crippen LogP) is 3.43. The van der Waals surface area contributed by atoms with Crippen LogP contribution in [0, 0.1) is 0 Å². The zero-order valence-electron chi connectivity index (χ0n) is 17.5. The summed E-state index contributed by atoms with van der Waals surface area (Å²) >= 11 is 0. The molecule has 0 aromatic carbocycles. The van der Waals surface area contributed by atoms with Gasteiger partial charge in [-0.3, -0.25) is 0 Å². The minimum atomic E-state index is -0.584. The van der Waals surface area contributed by atoms with Crippen LogP contribution in [0.4, 0.5) is 4.79 Å². The zero-order chi connectivity index (χ0) is 20.9. The second-order valence-electron chi connectivity index (χ2n) is 7.71. The Hall–Kier alpha value is -2.51. The van der Waals surface area contributed by atoms with Crippen LogP contribution in [0.15, 0.2) is 12.3 Å². The highest BCUT2D eigenvalue weighted by atomic mass is 16.6. The number of nitrogens with zero attached hydrogens (tertiary/aromatic N) is 2. The molecular weight excluding hydrogens is 364 g/mol. The molecule has 1 aromatic heterocycles. The minimum Gasteiger partial charge on any atom is -0.493 e. The van der Waals surface area contributed by atoms with Crippen molar-refractivity contribution in [1.82, 2.24) is 9.88 Å². The molecule has 0 saturated carbocycles. The number of pyridine rings is 1. The first-order valence-corrected chi connectivity index (χ1v) is 9.52. The average molecular weight is 394 g/mol. The van der Waals surface area contributed by atoms with Gasteiger partial charge >= 0.3 is 12.1 Å². The number of hydrogen-bond donors (Lipinski definition) is 0. The maximum absolute atomic E-state index is 12.5. The summed E-state index contributed by atoms with van der Waals surface area (Å²) in [6.45, 7) is 10.0. The molecule has 1 aliphatic heterocycles. The van der Waals surface area contributed by atoms with E-state index in [0.717, 1.165) is 12.8 Å².